The molecule has 0 aliphatic carbocycles. The molecule has 0 unspecified atom stereocenters. The van der Waals surface area contributed by atoms with Gasteiger partial charge in [-0.15, -0.1) is 0 Å². The zero-order valence-corrected chi connectivity index (χ0v) is 8.81. The molecular formula is C12H15FN2. The quantitative estimate of drug-likeness (QED) is 0.739. The molecule has 0 fully saturated rings. The van der Waals surface area contributed by atoms with E-state index in [9.17, 15) is 4.39 Å². The number of aromatic nitrogens is 1. The number of hydrogen-bond acceptors (Lipinski definition) is 1. The van der Waals surface area contributed by atoms with Crippen molar-refractivity contribution in [1.82, 2.24) is 10.3 Å². The van der Waals surface area contributed by atoms with Gasteiger partial charge in [-0.05, 0) is 31.1 Å². The van der Waals surface area contributed by atoms with Crippen LogP contribution in [0.25, 0.3) is 10.9 Å². The first kappa shape index (κ1) is 10.2. The number of benzene rings is 1. The Kier molecular flexibility index (Phi) is 3.02. The van der Waals surface area contributed by atoms with Crippen LogP contribution in [0.3, 0.4) is 0 Å². The smallest absolute Gasteiger partial charge is 0.147 e. The van der Waals surface area contributed by atoms with Gasteiger partial charge in [-0.1, -0.05) is 19.1 Å². The molecule has 1 aromatic carbocycles. The maximum atomic E-state index is 13.3. The fourth-order valence-electron chi connectivity index (χ4n) is 1.78. The van der Waals surface area contributed by atoms with Crippen LogP contribution in [0, 0.1) is 5.82 Å². The van der Waals surface area contributed by atoms with E-state index in [1.807, 2.05) is 12.3 Å². The van der Waals surface area contributed by atoms with Crippen LogP contribution in [0.15, 0.2) is 24.4 Å². The highest BCUT2D eigenvalue weighted by atomic mass is 19.1. The van der Waals surface area contributed by atoms with Crippen molar-refractivity contribution >= 4 is 10.9 Å². The topological polar surface area (TPSA) is 27.8 Å². The van der Waals surface area contributed by atoms with Crippen LogP contribution in [0.2, 0.25) is 0 Å². The number of hydrogen-bond donors (Lipinski definition) is 2. The third kappa shape index (κ3) is 2.02. The van der Waals surface area contributed by atoms with Crippen molar-refractivity contribution in [2.75, 3.05) is 13.1 Å². The van der Waals surface area contributed by atoms with Gasteiger partial charge in [0.05, 0.1) is 5.52 Å². The van der Waals surface area contributed by atoms with Crippen molar-refractivity contribution < 1.29 is 4.39 Å². The lowest BCUT2D eigenvalue weighted by Gasteiger charge is -2.00. The first-order valence-electron chi connectivity index (χ1n) is 5.28. The second-order valence-electron chi connectivity index (χ2n) is 3.58. The minimum atomic E-state index is -0.179. The predicted octanol–water partition coefficient (Wildman–Crippen LogP) is 2.46. The maximum absolute atomic E-state index is 13.3. The van der Waals surface area contributed by atoms with Gasteiger partial charge in [0, 0.05) is 11.6 Å². The van der Waals surface area contributed by atoms with E-state index in [4.69, 9.17) is 0 Å². The van der Waals surface area contributed by atoms with Crippen LogP contribution in [0.1, 0.15) is 12.5 Å². The second-order valence-corrected chi connectivity index (χ2v) is 3.58. The SMILES string of the molecule is CCNCCc1c[nH]c2c(F)cccc12. The van der Waals surface area contributed by atoms with Crippen molar-refractivity contribution in [3.05, 3.63) is 35.8 Å². The molecule has 0 spiro atoms. The largest absolute Gasteiger partial charge is 0.359 e. The zero-order valence-electron chi connectivity index (χ0n) is 8.81. The molecule has 0 amide bonds. The van der Waals surface area contributed by atoms with Crippen molar-refractivity contribution in [2.24, 2.45) is 0 Å². The third-order valence-electron chi connectivity index (χ3n) is 2.57. The number of fused-ring (bicyclic) bond motifs is 1. The number of H-pyrrole nitrogens is 1. The Bertz CT molecular complexity index is 448. The molecule has 2 rings (SSSR count). The van der Waals surface area contributed by atoms with Gasteiger partial charge < -0.3 is 10.3 Å². The fourth-order valence-corrected chi connectivity index (χ4v) is 1.78. The van der Waals surface area contributed by atoms with Crippen LogP contribution >= 0.6 is 0 Å². The summed E-state index contributed by atoms with van der Waals surface area (Å²) in [6, 6.07) is 5.19. The molecule has 0 bridgehead atoms. The van der Waals surface area contributed by atoms with Gasteiger partial charge >= 0.3 is 0 Å². The molecule has 2 N–H and O–H groups in total. The number of aromatic amines is 1. The fraction of sp³-hybridized carbons (Fsp3) is 0.333. The Morgan fingerprint density at radius 2 is 2.27 bits per heavy atom. The Hall–Kier alpha value is -1.35. The van der Waals surface area contributed by atoms with E-state index in [1.54, 1.807) is 6.07 Å². The summed E-state index contributed by atoms with van der Waals surface area (Å²) in [4.78, 5) is 2.98. The Labute approximate surface area is 88.5 Å². The molecule has 0 saturated heterocycles. The summed E-state index contributed by atoms with van der Waals surface area (Å²) in [7, 11) is 0. The van der Waals surface area contributed by atoms with Gasteiger partial charge in [0.25, 0.3) is 0 Å². The van der Waals surface area contributed by atoms with Crippen LogP contribution in [-0.4, -0.2) is 18.1 Å². The van der Waals surface area contributed by atoms with E-state index in [0.29, 0.717) is 5.52 Å². The minimum Gasteiger partial charge on any atom is -0.359 e. The first-order chi connectivity index (χ1) is 7.33. The maximum Gasteiger partial charge on any atom is 0.147 e. The second kappa shape index (κ2) is 4.45. The van der Waals surface area contributed by atoms with Gasteiger partial charge in [0.1, 0.15) is 5.82 Å². The molecule has 1 heterocycles. The highest BCUT2D eigenvalue weighted by molar-refractivity contribution is 5.83. The van der Waals surface area contributed by atoms with Crippen molar-refractivity contribution in [1.29, 1.82) is 0 Å². The standard InChI is InChI=1S/C12H15FN2/c1-2-14-7-6-9-8-15-12-10(9)4-3-5-11(12)13/h3-5,8,14-15H,2,6-7H2,1H3. The molecule has 0 radical (unpaired) electrons. The van der Waals surface area contributed by atoms with Crippen molar-refractivity contribution in [3.63, 3.8) is 0 Å². The van der Waals surface area contributed by atoms with Gasteiger partial charge in [0.2, 0.25) is 0 Å². The van der Waals surface area contributed by atoms with Gasteiger partial charge in [0.15, 0.2) is 0 Å². The monoisotopic (exact) mass is 206 g/mol. The van der Waals surface area contributed by atoms with Gasteiger partial charge in [-0.3, -0.25) is 0 Å². The summed E-state index contributed by atoms with van der Waals surface area (Å²) in [5.41, 5.74) is 1.79. The molecule has 0 atom stereocenters. The molecule has 15 heavy (non-hydrogen) atoms. The van der Waals surface area contributed by atoms with Gasteiger partial charge in [-0.2, -0.15) is 0 Å². The normalized spacial score (nSPS) is 11.1. The summed E-state index contributed by atoms with van der Waals surface area (Å²) in [5.74, 6) is -0.179. The molecule has 3 heteroatoms. The Morgan fingerprint density at radius 1 is 1.40 bits per heavy atom. The lowest BCUT2D eigenvalue weighted by Crippen LogP contribution is -2.15. The molecule has 2 nitrogen and oxygen atoms in total. The van der Waals surface area contributed by atoms with E-state index in [2.05, 4.69) is 17.2 Å². The number of nitrogens with one attached hydrogen (secondary N) is 2. The molecular weight excluding hydrogens is 191 g/mol. The van der Waals surface area contributed by atoms with Gasteiger partial charge in [-0.25, -0.2) is 4.39 Å². The Balaban J connectivity index is 2.25. The average molecular weight is 206 g/mol. The average Bonchev–Trinajstić information content (AvgIpc) is 2.64. The molecule has 0 saturated carbocycles. The summed E-state index contributed by atoms with van der Waals surface area (Å²) >= 11 is 0. The van der Waals surface area contributed by atoms with Crippen molar-refractivity contribution in [3.8, 4) is 0 Å². The highest BCUT2D eigenvalue weighted by Gasteiger charge is 2.06. The molecule has 80 valence electrons. The lowest BCUT2D eigenvalue weighted by atomic mass is 10.1. The van der Waals surface area contributed by atoms with Crippen LogP contribution in [-0.2, 0) is 6.42 Å². The van der Waals surface area contributed by atoms with Crippen LogP contribution in [0.5, 0.6) is 0 Å². The van der Waals surface area contributed by atoms with E-state index < -0.39 is 0 Å². The lowest BCUT2D eigenvalue weighted by molar-refractivity contribution is 0.637. The molecule has 2 aromatic rings. The number of para-hydroxylation sites is 1. The zero-order chi connectivity index (χ0) is 10.7. The summed E-state index contributed by atoms with van der Waals surface area (Å²) in [5, 5.41) is 4.25. The number of likely N-dealkylation sites (N-methyl/N-ethyl adjacent to an activating group) is 1. The highest BCUT2D eigenvalue weighted by Crippen LogP contribution is 2.20. The van der Waals surface area contributed by atoms with E-state index >= 15 is 0 Å². The molecule has 0 aliphatic heterocycles. The summed E-state index contributed by atoms with van der Waals surface area (Å²) < 4.78 is 13.3. The van der Waals surface area contributed by atoms with Crippen LogP contribution in [0.4, 0.5) is 4.39 Å². The summed E-state index contributed by atoms with van der Waals surface area (Å²) in [6.45, 7) is 3.98. The first-order valence-corrected chi connectivity index (χ1v) is 5.28. The Morgan fingerprint density at radius 3 is 3.07 bits per heavy atom. The number of rotatable bonds is 4. The van der Waals surface area contributed by atoms with Crippen molar-refractivity contribution in [2.45, 2.75) is 13.3 Å². The van der Waals surface area contributed by atoms with E-state index in [-0.39, 0.29) is 5.82 Å². The third-order valence-corrected chi connectivity index (χ3v) is 2.57. The minimum absolute atomic E-state index is 0.179. The number of halogens is 1. The molecule has 0 aliphatic rings. The summed E-state index contributed by atoms with van der Waals surface area (Å²) in [6.07, 6.45) is 2.82. The predicted molar refractivity (Wildman–Crippen MR) is 60.5 cm³/mol. The van der Waals surface area contributed by atoms with E-state index in [1.165, 1.54) is 11.6 Å². The van der Waals surface area contributed by atoms with Crippen LogP contribution < -0.4 is 5.32 Å². The van der Waals surface area contributed by atoms with E-state index in [0.717, 1.165) is 24.9 Å². The molecule has 1 aromatic heterocycles.